The lowest BCUT2D eigenvalue weighted by molar-refractivity contribution is -0.929. The lowest BCUT2D eigenvalue weighted by atomic mass is 10.0. The fourth-order valence-corrected chi connectivity index (χ4v) is 4.19. The van der Waals surface area contributed by atoms with Gasteiger partial charge in [0.15, 0.2) is 0 Å². The number of aliphatic imine (C=N–C) groups is 1. The van der Waals surface area contributed by atoms with Gasteiger partial charge in [-0.2, -0.15) is 0 Å². The Labute approximate surface area is 169 Å². The van der Waals surface area contributed by atoms with Crippen LogP contribution in [-0.2, 0) is 0 Å². The fourth-order valence-electron chi connectivity index (χ4n) is 4.19. The van der Waals surface area contributed by atoms with Crippen molar-refractivity contribution in [3.63, 3.8) is 0 Å². The van der Waals surface area contributed by atoms with Crippen LogP contribution in [0.25, 0.3) is 0 Å². The zero-order valence-corrected chi connectivity index (χ0v) is 18.4. The Morgan fingerprint density at radius 2 is 1.44 bits per heavy atom. The molecule has 0 amide bonds. The molecule has 0 spiro atoms. The van der Waals surface area contributed by atoms with Crippen molar-refractivity contribution in [2.24, 2.45) is 4.99 Å². The minimum absolute atomic E-state index is 0.226. The summed E-state index contributed by atoms with van der Waals surface area (Å²) < 4.78 is 0.894. The molecule has 3 nitrogen and oxygen atoms in total. The van der Waals surface area contributed by atoms with Crippen LogP contribution in [0.5, 0.6) is 0 Å². The van der Waals surface area contributed by atoms with E-state index in [1.807, 2.05) is 6.21 Å². The quantitative estimate of drug-likeness (QED) is 0.170. The van der Waals surface area contributed by atoms with Crippen LogP contribution in [0.2, 0.25) is 0 Å². The first-order chi connectivity index (χ1) is 13.3. The highest BCUT2D eigenvalue weighted by Gasteiger charge is 2.35. The highest BCUT2D eigenvalue weighted by atomic mass is 16.3. The minimum Gasteiger partial charge on any atom is -0.391 e. The summed E-state index contributed by atoms with van der Waals surface area (Å²) in [7, 11) is 0. The Hall–Kier alpha value is -0.670. The van der Waals surface area contributed by atoms with Gasteiger partial charge in [-0.15, -0.1) is 0 Å². The van der Waals surface area contributed by atoms with E-state index in [1.165, 1.54) is 89.9 Å². The fraction of sp³-hybridized carbons (Fsp3) is 0.875. The van der Waals surface area contributed by atoms with Gasteiger partial charge in [-0.05, 0) is 25.8 Å². The minimum atomic E-state index is 0.226. The van der Waals surface area contributed by atoms with Gasteiger partial charge >= 0.3 is 0 Å². The average Bonchev–Trinajstić information content (AvgIpc) is 3.08. The lowest BCUT2D eigenvalue weighted by Crippen LogP contribution is -2.53. The molecular formula is C24H47N2O+. The van der Waals surface area contributed by atoms with E-state index in [4.69, 9.17) is 0 Å². The van der Waals surface area contributed by atoms with Crippen molar-refractivity contribution in [1.29, 1.82) is 0 Å². The van der Waals surface area contributed by atoms with E-state index in [-0.39, 0.29) is 12.8 Å². The molecule has 2 atom stereocenters. The lowest BCUT2D eigenvalue weighted by Gasteiger charge is -2.36. The number of aliphatic hydroxyl groups excluding tert-OH is 1. The Morgan fingerprint density at radius 1 is 0.889 bits per heavy atom. The predicted molar refractivity (Wildman–Crippen MR) is 119 cm³/mol. The van der Waals surface area contributed by atoms with Crippen LogP contribution in [0.4, 0.5) is 0 Å². The first kappa shape index (κ1) is 24.4. The number of aliphatic hydroxyl groups is 1. The molecule has 0 bridgehead atoms. The molecule has 0 aliphatic carbocycles. The monoisotopic (exact) mass is 379 g/mol. The molecule has 1 aliphatic heterocycles. The molecule has 27 heavy (non-hydrogen) atoms. The number of rotatable bonds is 18. The summed E-state index contributed by atoms with van der Waals surface area (Å²) in [5, 5.41) is 9.35. The third-order valence-corrected chi connectivity index (χ3v) is 6.22. The number of likely N-dealkylation sites (N-methyl/N-ethyl adjacent to an activating group) is 1. The van der Waals surface area contributed by atoms with Gasteiger partial charge in [0.05, 0.1) is 19.4 Å². The molecule has 0 aromatic rings. The van der Waals surface area contributed by atoms with Gasteiger partial charge in [0.1, 0.15) is 13.1 Å². The second-order valence-electron chi connectivity index (χ2n) is 8.37. The summed E-state index contributed by atoms with van der Waals surface area (Å²) in [6.45, 7) is 7.55. The van der Waals surface area contributed by atoms with Gasteiger partial charge in [-0.25, -0.2) is 4.99 Å². The molecule has 158 valence electrons. The summed E-state index contributed by atoms with van der Waals surface area (Å²) in [6.07, 6.45) is 26.4. The van der Waals surface area contributed by atoms with Gasteiger partial charge in [0.2, 0.25) is 6.17 Å². The molecule has 1 heterocycles. The number of quaternary nitrogens is 1. The van der Waals surface area contributed by atoms with E-state index in [0.717, 1.165) is 24.1 Å². The number of unbranched alkanes of at least 4 members (excludes halogenated alkanes) is 13. The van der Waals surface area contributed by atoms with Crippen LogP contribution < -0.4 is 0 Å². The molecule has 1 rings (SSSR count). The zero-order chi connectivity index (χ0) is 19.6. The van der Waals surface area contributed by atoms with Crippen LogP contribution in [-0.4, -0.2) is 48.2 Å². The average molecular weight is 380 g/mol. The zero-order valence-electron chi connectivity index (χ0n) is 18.4. The maximum Gasteiger partial charge on any atom is 0.202 e. The van der Waals surface area contributed by atoms with Crippen LogP contribution in [0.3, 0.4) is 0 Å². The molecule has 3 heteroatoms. The smallest absolute Gasteiger partial charge is 0.202 e. The van der Waals surface area contributed by atoms with Crippen molar-refractivity contribution in [3.8, 4) is 0 Å². The number of allylic oxidation sites excluding steroid dienone is 1. The Kier molecular flexibility index (Phi) is 14.7. The van der Waals surface area contributed by atoms with Crippen molar-refractivity contribution in [1.82, 2.24) is 0 Å². The van der Waals surface area contributed by atoms with Gasteiger partial charge < -0.3 is 5.11 Å². The van der Waals surface area contributed by atoms with Crippen molar-refractivity contribution < 1.29 is 9.59 Å². The predicted octanol–water partition coefficient (Wildman–Crippen LogP) is 6.26. The van der Waals surface area contributed by atoms with E-state index in [0.29, 0.717) is 0 Å². The first-order valence-electron chi connectivity index (χ1n) is 11.9. The normalized spacial score (nSPS) is 22.3. The Balaban J connectivity index is 1.94. The molecule has 1 aliphatic rings. The summed E-state index contributed by atoms with van der Waals surface area (Å²) in [4.78, 5) is 4.63. The highest BCUT2D eigenvalue weighted by Crippen LogP contribution is 2.20. The van der Waals surface area contributed by atoms with Crippen LogP contribution in [0.1, 0.15) is 104 Å². The van der Waals surface area contributed by atoms with Gasteiger partial charge in [-0.1, -0.05) is 90.0 Å². The topological polar surface area (TPSA) is 32.6 Å². The molecular weight excluding hydrogens is 332 g/mol. The molecule has 0 fully saturated rings. The SMILES string of the molecule is CCCCCCCCCCCCCCC/C=C/C1N=CC[N+]1(CC)CCO. The number of hydrogen-bond donors (Lipinski definition) is 1. The van der Waals surface area contributed by atoms with Crippen LogP contribution in [0.15, 0.2) is 17.1 Å². The molecule has 0 saturated carbocycles. The number of hydrogen-bond acceptors (Lipinski definition) is 2. The Bertz CT molecular complexity index is 394. The van der Waals surface area contributed by atoms with E-state index in [1.54, 1.807) is 0 Å². The largest absolute Gasteiger partial charge is 0.391 e. The Morgan fingerprint density at radius 3 is 1.96 bits per heavy atom. The van der Waals surface area contributed by atoms with Crippen molar-refractivity contribution in [3.05, 3.63) is 12.2 Å². The second-order valence-corrected chi connectivity index (χ2v) is 8.37. The van der Waals surface area contributed by atoms with Gasteiger partial charge in [-0.3, -0.25) is 4.48 Å². The molecule has 2 unspecified atom stereocenters. The van der Waals surface area contributed by atoms with E-state index in [2.05, 4.69) is 31.0 Å². The van der Waals surface area contributed by atoms with Crippen molar-refractivity contribution in [2.75, 3.05) is 26.2 Å². The summed E-state index contributed by atoms with van der Waals surface area (Å²) in [5.41, 5.74) is 0. The van der Waals surface area contributed by atoms with Crippen LogP contribution in [0, 0.1) is 0 Å². The van der Waals surface area contributed by atoms with Crippen LogP contribution >= 0.6 is 0 Å². The number of nitrogens with zero attached hydrogens (tertiary/aromatic N) is 2. The standard InChI is InChI=1S/C24H47N2O/c1-3-5-6-7-8-9-10-11-12-13-14-15-16-17-18-19-24-25-20-21-26(24,4-2)22-23-27/h18-20,24,27H,3-17,21-23H2,1-2H3/q+1/b19-18+. The summed E-state index contributed by atoms with van der Waals surface area (Å²) >= 11 is 0. The molecule has 0 aromatic heterocycles. The molecule has 0 saturated heterocycles. The maximum atomic E-state index is 9.35. The first-order valence-corrected chi connectivity index (χ1v) is 11.9. The van der Waals surface area contributed by atoms with Crippen molar-refractivity contribution in [2.45, 2.75) is 110 Å². The third-order valence-electron chi connectivity index (χ3n) is 6.22. The summed E-state index contributed by atoms with van der Waals surface area (Å²) in [6, 6.07) is 0. The van der Waals surface area contributed by atoms with E-state index in [9.17, 15) is 5.11 Å². The van der Waals surface area contributed by atoms with E-state index < -0.39 is 0 Å². The highest BCUT2D eigenvalue weighted by molar-refractivity contribution is 5.60. The molecule has 1 N–H and O–H groups in total. The summed E-state index contributed by atoms with van der Waals surface area (Å²) in [5.74, 6) is 0. The second kappa shape index (κ2) is 16.3. The van der Waals surface area contributed by atoms with Crippen molar-refractivity contribution >= 4 is 6.21 Å². The van der Waals surface area contributed by atoms with E-state index >= 15 is 0 Å². The van der Waals surface area contributed by atoms with Gasteiger partial charge in [0.25, 0.3) is 0 Å². The molecule has 0 aromatic carbocycles. The van der Waals surface area contributed by atoms with Gasteiger partial charge in [0, 0.05) is 0 Å². The third kappa shape index (κ3) is 10.4. The maximum absolute atomic E-state index is 9.35. The molecule has 0 radical (unpaired) electrons.